The number of carbonyl (C=O) groups is 1. The molecule has 100 valence electrons. The van der Waals surface area contributed by atoms with Gasteiger partial charge in [0.2, 0.25) is 0 Å². The lowest BCUT2D eigenvalue weighted by Crippen LogP contribution is -2.03. The van der Waals surface area contributed by atoms with E-state index >= 15 is 0 Å². The quantitative estimate of drug-likeness (QED) is 0.482. The number of ketones is 1. The van der Waals surface area contributed by atoms with Crippen molar-refractivity contribution in [1.29, 1.82) is 5.26 Å². The van der Waals surface area contributed by atoms with Gasteiger partial charge >= 0.3 is 0 Å². The normalized spacial score (nSPS) is 19.8. The van der Waals surface area contributed by atoms with Gasteiger partial charge in [-0.05, 0) is 26.3 Å². The van der Waals surface area contributed by atoms with Crippen molar-refractivity contribution in [3.63, 3.8) is 0 Å². The molecule has 3 nitrogen and oxygen atoms in total. The van der Waals surface area contributed by atoms with Crippen molar-refractivity contribution in [3.8, 4) is 6.07 Å². The van der Waals surface area contributed by atoms with Crippen LogP contribution in [0.25, 0.3) is 0 Å². The number of nitriles is 1. The first-order valence-electron chi connectivity index (χ1n) is 5.78. The molecule has 1 saturated carbocycles. The molecule has 1 aromatic rings. The molecule has 0 saturated heterocycles. The average Bonchev–Trinajstić information content (AvgIpc) is 2.94. The van der Waals surface area contributed by atoms with Gasteiger partial charge in [0.1, 0.15) is 15.4 Å². The molecule has 1 heterocycles. The van der Waals surface area contributed by atoms with Gasteiger partial charge in [-0.1, -0.05) is 0 Å². The second kappa shape index (κ2) is 5.32. The number of halogens is 2. The minimum atomic E-state index is -0.617. The van der Waals surface area contributed by atoms with E-state index in [0.29, 0.717) is 21.8 Å². The first-order valence-corrected chi connectivity index (χ1v) is 7.52. The summed E-state index contributed by atoms with van der Waals surface area (Å²) in [5.41, 5.74) is 1.57. The highest BCUT2D eigenvalue weighted by molar-refractivity contribution is 7.99. The summed E-state index contributed by atoms with van der Waals surface area (Å²) in [5.74, 6) is 0.885. The van der Waals surface area contributed by atoms with E-state index in [0.717, 1.165) is 12.2 Å². The smallest absolute Gasteiger partial charge is 0.161 e. The third-order valence-electron chi connectivity index (χ3n) is 3.05. The van der Waals surface area contributed by atoms with Gasteiger partial charge in [-0.2, -0.15) is 5.26 Å². The maximum Gasteiger partial charge on any atom is 0.161 e. The van der Waals surface area contributed by atoms with Crippen molar-refractivity contribution in [2.75, 3.05) is 5.75 Å². The highest BCUT2D eigenvalue weighted by Gasteiger charge is 2.51. The summed E-state index contributed by atoms with van der Waals surface area (Å²) in [6.45, 7) is 3.24. The monoisotopic (exact) mass is 314 g/mol. The fourth-order valence-corrected chi connectivity index (χ4v) is 3.69. The van der Waals surface area contributed by atoms with Crippen LogP contribution in [0.5, 0.6) is 0 Å². The van der Waals surface area contributed by atoms with Crippen LogP contribution >= 0.6 is 35.0 Å². The van der Waals surface area contributed by atoms with Gasteiger partial charge in [0, 0.05) is 22.9 Å². The Labute approximate surface area is 126 Å². The fourth-order valence-electron chi connectivity index (χ4n) is 1.76. The van der Waals surface area contributed by atoms with Crippen LogP contribution in [0.4, 0.5) is 0 Å². The van der Waals surface area contributed by atoms with E-state index in [9.17, 15) is 4.79 Å². The van der Waals surface area contributed by atoms with Crippen LogP contribution in [0.2, 0.25) is 0 Å². The molecule has 6 heteroatoms. The van der Waals surface area contributed by atoms with Crippen LogP contribution in [-0.4, -0.2) is 20.9 Å². The Morgan fingerprint density at radius 3 is 2.79 bits per heavy atom. The largest absolute Gasteiger partial charge is 0.294 e. The number of Topliss-reactive ketones (excluding diaryl/α,β-unsaturated/α-hetero) is 1. The number of aromatic nitrogens is 1. The van der Waals surface area contributed by atoms with Crippen molar-refractivity contribution in [2.45, 2.75) is 29.6 Å². The van der Waals surface area contributed by atoms with Gasteiger partial charge in [-0.25, -0.2) is 4.98 Å². The Bertz CT molecular complexity index is 581. The average molecular weight is 315 g/mol. The number of alkyl halides is 2. The third kappa shape index (κ3) is 3.22. The molecule has 1 aliphatic carbocycles. The molecule has 0 aromatic carbocycles. The zero-order valence-corrected chi connectivity index (χ0v) is 12.9. The predicted molar refractivity (Wildman–Crippen MR) is 77.0 cm³/mol. The molecule has 0 aliphatic heterocycles. The third-order valence-corrected chi connectivity index (χ3v) is 5.13. The van der Waals surface area contributed by atoms with Gasteiger partial charge < -0.3 is 0 Å². The van der Waals surface area contributed by atoms with Crippen LogP contribution in [0.3, 0.4) is 0 Å². The Morgan fingerprint density at radius 1 is 1.68 bits per heavy atom. The maximum absolute atomic E-state index is 11.4. The van der Waals surface area contributed by atoms with E-state index in [1.807, 2.05) is 0 Å². The number of hydrogen-bond donors (Lipinski definition) is 0. The number of aryl methyl sites for hydroxylation is 1. The van der Waals surface area contributed by atoms with Gasteiger partial charge in [0.15, 0.2) is 5.78 Å². The zero-order chi connectivity index (χ0) is 14.2. The van der Waals surface area contributed by atoms with Crippen molar-refractivity contribution in [3.05, 3.63) is 22.9 Å². The van der Waals surface area contributed by atoms with Crippen molar-refractivity contribution in [1.82, 2.24) is 4.98 Å². The second-order valence-electron chi connectivity index (χ2n) is 4.62. The van der Waals surface area contributed by atoms with Crippen molar-refractivity contribution < 1.29 is 4.79 Å². The Balaban J connectivity index is 2.19. The van der Waals surface area contributed by atoms with Crippen LogP contribution in [0.15, 0.2) is 11.1 Å². The fraction of sp³-hybridized carbons (Fsp3) is 0.462. The Hall–Kier alpha value is -0.760. The number of carbonyl (C=O) groups excluding carboxylic acids is 1. The maximum atomic E-state index is 11.4. The second-order valence-corrected chi connectivity index (χ2v) is 7.17. The molecule has 0 unspecified atom stereocenters. The minimum absolute atomic E-state index is 0.0826. The Kier molecular flexibility index (Phi) is 4.10. The standard InChI is InChI=1S/C13H12Cl2N2OS/c1-7-11(8(2)18)3-9(5-16)12(17-7)19-6-10-4-13(10,14)15/h3,10H,4,6H2,1-2H3/t10-/m1/s1. The zero-order valence-electron chi connectivity index (χ0n) is 10.5. The number of nitrogens with zero attached hydrogens (tertiary/aromatic N) is 2. The molecule has 0 N–H and O–H groups in total. The van der Waals surface area contributed by atoms with Crippen LogP contribution in [0, 0.1) is 24.2 Å². The molecule has 0 amide bonds. The van der Waals surface area contributed by atoms with E-state index in [4.69, 9.17) is 28.5 Å². The summed E-state index contributed by atoms with van der Waals surface area (Å²) in [6, 6.07) is 3.69. The van der Waals surface area contributed by atoms with Gasteiger partial charge in [0.25, 0.3) is 0 Å². The molecule has 2 rings (SSSR count). The topological polar surface area (TPSA) is 53.8 Å². The van der Waals surface area contributed by atoms with Crippen LogP contribution < -0.4 is 0 Å². The summed E-state index contributed by atoms with van der Waals surface area (Å²) in [7, 11) is 0. The van der Waals surface area contributed by atoms with Crippen LogP contribution in [0.1, 0.15) is 35.0 Å². The van der Waals surface area contributed by atoms with E-state index in [2.05, 4.69) is 11.1 Å². The number of rotatable bonds is 4. The highest BCUT2D eigenvalue weighted by Crippen LogP contribution is 2.54. The first kappa shape index (κ1) is 14.6. The summed E-state index contributed by atoms with van der Waals surface area (Å²) >= 11 is 13.4. The summed E-state index contributed by atoms with van der Waals surface area (Å²) in [4.78, 5) is 15.8. The SMILES string of the molecule is CC(=O)c1cc(C#N)c(SC[C@H]2CC2(Cl)Cl)nc1C. The number of hydrogen-bond acceptors (Lipinski definition) is 4. The van der Waals surface area contributed by atoms with Crippen molar-refractivity contribution >= 4 is 40.7 Å². The van der Waals surface area contributed by atoms with Gasteiger partial charge in [-0.3, -0.25) is 4.79 Å². The predicted octanol–water partition coefficient (Wildman–Crippen LogP) is 3.75. The molecule has 1 aromatic heterocycles. The summed E-state index contributed by atoms with van der Waals surface area (Å²) < 4.78 is -0.617. The Morgan fingerprint density at radius 2 is 2.32 bits per heavy atom. The van der Waals surface area contributed by atoms with Crippen LogP contribution in [-0.2, 0) is 0 Å². The van der Waals surface area contributed by atoms with E-state index in [-0.39, 0.29) is 11.7 Å². The molecule has 0 radical (unpaired) electrons. The lowest BCUT2D eigenvalue weighted by molar-refractivity contribution is 0.101. The summed E-state index contributed by atoms with van der Waals surface area (Å²) in [6.07, 6.45) is 0.773. The minimum Gasteiger partial charge on any atom is -0.294 e. The van der Waals surface area contributed by atoms with E-state index in [1.54, 1.807) is 13.0 Å². The van der Waals surface area contributed by atoms with E-state index < -0.39 is 4.33 Å². The molecule has 1 fully saturated rings. The molecule has 19 heavy (non-hydrogen) atoms. The lowest BCUT2D eigenvalue weighted by atomic mass is 10.1. The van der Waals surface area contributed by atoms with Gasteiger partial charge in [-0.15, -0.1) is 35.0 Å². The summed E-state index contributed by atoms with van der Waals surface area (Å²) in [5, 5.41) is 9.77. The molecule has 1 aliphatic rings. The molecule has 0 bridgehead atoms. The molecule has 0 spiro atoms. The van der Waals surface area contributed by atoms with E-state index in [1.165, 1.54) is 18.7 Å². The van der Waals surface area contributed by atoms with Gasteiger partial charge in [0.05, 0.1) is 5.56 Å². The lowest BCUT2D eigenvalue weighted by Gasteiger charge is -2.07. The molecular weight excluding hydrogens is 303 g/mol. The van der Waals surface area contributed by atoms with Crippen molar-refractivity contribution in [2.24, 2.45) is 5.92 Å². The first-order chi connectivity index (χ1) is 8.85. The molecular formula is C13H12Cl2N2OS. The number of pyridine rings is 1. The highest BCUT2D eigenvalue weighted by atomic mass is 35.5. The number of thioether (sulfide) groups is 1. The molecule has 1 atom stereocenters.